The summed E-state index contributed by atoms with van der Waals surface area (Å²) in [6.07, 6.45) is 18.1. The lowest BCUT2D eigenvalue weighted by atomic mass is 10.1. The van der Waals surface area contributed by atoms with Crippen LogP contribution in [0.25, 0.3) is 0 Å². The number of rotatable bonds is 25. The van der Waals surface area contributed by atoms with Crippen molar-refractivity contribution < 1.29 is 9.59 Å². The van der Waals surface area contributed by atoms with Gasteiger partial charge in [-0.05, 0) is 39.0 Å². The first-order valence-electron chi connectivity index (χ1n) is 14.4. The quantitative estimate of drug-likeness (QED) is 0.0544. The average molecular weight is 692 g/mol. The minimum Gasteiger partial charge on any atom is -0.308 e. The molecule has 38 heavy (non-hydrogen) atoms. The van der Waals surface area contributed by atoms with Crippen molar-refractivity contribution >= 4 is 90.3 Å². The molecule has 0 aliphatic carbocycles. The fourth-order valence-corrected chi connectivity index (χ4v) is 7.99. The van der Waals surface area contributed by atoms with Crippen molar-refractivity contribution in [2.24, 2.45) is 0 Å². The normalized spacial score (nSPS) is 12.3. The maximum atomic E-state index is 12.8. The molecule has 0 rings (SSSR count). The Labute approximate surface area is 263 Å². The molecule has 0 aromatic rings. The highest BCUT2D eigenvalue weighted by Gasteiger charge is 2.24. The fourth-order valence-electron chi connectivity index (χ4n) is 4.28. The van der Waals surface area contributed by atoms with E-state index >= 15 is 0 Å². The molecule has 0 unspecified atom stereocenters. The van der Waals surface area contributed by atoms with Crippen molar-refractivity contribution in [2.45, 2.75) is 128 Å². The molecule has 0 aromatic carbocycles. The van der Waals surface area contributed by atoms with Gasteiger partial charge in [-0.25, -0.2) is 0 Å². The Bertz CT molecular complexity index is 574. The van der Waals surface area contributed by atoms with Crippen LogP contribution < -0.4 is 0 Å². The third-order valence-electron chi connectivity index (χ3n) is 6.57. The van der Waals surface area contributed by atoms with Gasteiger partial charge in [0.2, 0.25) is 11.8 Å². The lowest BCUT2D eigenvalue weighted by Crippen LogP contribution is -2.41. The lowest BCUT2D eigenvalue weighted by Gasteiger charge is -2.23. The summed E-state index contributed by atoms with van der Waals surface area (Å²) >= 11 is 35.5. The first kappa shape index (κ1) is 39.3. The van der Waals surface area contributed by atoms with Crippen molar-refractivity contribution in [1.29, 1.82) is 0 Å². The van der Waals surface area contributed by atoms with Crippen LogP contribution >= 0.6 is 66.5 Å². The molecular weight excluding hydrogens is 641 g/mol. The number of imide groups is 1. The van der Waals surface area contributed by atoms with Gasteiger partial charge in [-0.1, -0.05) is 89.9 Å². The number of amides is 2. The van der Waals surface area contributed by atoms with Gasteiger partial charge in [-0.15, -0.1) is 66.5 Å². The molecule has 226 valence electrons. The number of carbonyl (C=O) groups excluding carboxylic acids is 2. The monoisotopic (exact) mass is 688 g/mol. The second-order valence-electron chi connectivity index (χ2n) is 10.6. The van der Waals surface area contributed by atoms with E-state index in [0.29, 0.717) is 25.9 Å². The van der Waals surface area contributed by atoms with Gasteiger partial charge in [0.25, 0.3) is 0 Å². The van der Waals surface area contributed by atoms with E-state index in [4.69, 9.17) is 66.5 Å². The zero-order chi connectivity index (χ0) is 28.9. The largest absolute Gasteiger partial charge is 0.341 e. The summed E-state index contributed by atoms with van der Waals surface area (Å²) in [6.45, 7) is 1.16. The minimum absolute atomic E-state index is 0.0226. The van der Waals surface area contributed by atoms with E-state index in [2.05, 4.69) is 0 Å². The number of hydrogen-bond acceptors (Lipinski definition) is 3. The van der Waals surface area contributed by atoms with E-state index in [0.717, 1.165) is 76.3 Å². The topological polar surface area (TPSA) is 40.6 Å². The molecule has 0 fully saturated rings. The van der Waals surface area contributed by atoms with Gasteiger partial charge >= 0.3 is 12.0 Å². The van der Waals surface area contributed by atoms with Crippen LogP contribution in [0.2, 0.25) is 12.1 Å². The third-order valence-corrected chi connectivity index (χ3v) is 11.8. The van der Waals surface area contributed by atoms with Crippen LogP contribution in [0.15, 0.2) is 0 Å². The van der Waals surface area contributed by atoms with Crippen LogP contribution in [0, 0.1) is 0 Å². The molecule has 0 bridgehead atoms. The van der Waals surface area contributed by atoms with Gasteiger partial charge in [-0.3, -0.25) is 14.5 Å². The lowest BCUT2D eigenvalue weighted by molar-refractivity contribution is -0.145. The molecule has 0 heterocycles. The highest BCUT2D eigenvalue weighted by molar-refractivity contribution is 7.65. The maximum Gasteiger partial charge on any atom is 0.341 e. The molecule has 0 spiro atoms. The first-order chi connectivity index (χ1) is 17.8. The number of likely N-dealkylation sites (N-methyl/N-ethyl adjacent to an activating group) is 1. The molecule has 2 amide bonds. The van der Waals surface area contributed by atoms with Gasteiger partial charge in [0.05, 0.1) is 0 Å². The molecule has 0 saturated carbocycles. The molecular formula is C26H50Cl6N2O2Si2. The summed E-state index contributed by atoms with van der Waals surface area (Å²) in [5.41, 5.74) is 0. The van der Waals surface area contributed by atoms with Crippen molar-refractivity contribution in [1.82, 2.24) is 9.80 Å². The van der Waals surface area contributed by atoms with Gasteiger partial charge in [-0.2, -0.15) is 0 Å². The number of hydrogen-bond donors (Lipinski definition) is 0. The van der Waals surface area contributed by atoms with Crippen molar-refractivity contribution in [3.05, 3.63) is 0 Å². The summed E-state index contributed by atoms with van der Waals surface area (Å²) in [5.74, 6) is -0.0451. The Balaban J connectivity index is 4.03. The van der Waals surface area contributed by atoms with E-state index in [1.807, 2.05) is 19.0 Å². The summed E-state index contributed by atoms with van der Waals surface area (Å²) in [7, 11) is 3.93. The fraction of sp³-hybridized carbons (Fsp3) is 0.923. The molecule has 0 atom stereocenters. The highest BCUT2D eigenvalue weighted by Crippen LogP contribution is 2.28. The molecule has 4 nitrogen and oxygen atoms in total. The second kappa shape index (κ2) is 23.8. The van der Waals surface area contributed by atoms with Gasteiger partial charge < -0.3 is 4.90 Å². The molecule has 0 aliphatic heterocycles. The smallest absolute Gasteiger partial charge is 0.308 e. The Hall–Kier alpha value is 1.27. The summed E-state index contributed by atoms with van der Waals surface area (Å²) in [6, 6.07) is -3.44. The van der Waals surface area contributed by atoms with Crippen LogP contribution in [0.5, 0.6) is 0 Å². The first-order valence-corrected chi connectivity index (χ1v) is 24.9. The van der Waals surface area contributed by atoms with E-state index in [1.165, 1.54) is 43.4 Å². The summed E-state index contributed by atoms with van der Waals surface area (Å²) < 4.78 is 0. The Morgan fingerprint density at radius 3 is 1.05 bits per heavy atom. The maximum absolute atomic E-state index is 12.8. The Kier molecular flexibility index (Phi) is 24.6. The van der Waals surface area contributed by atoms with Crippen molar-refractivity contribution in [3.63, 3.8) is 0 Å². The average Bonchev–Trinajstić information content (AvgIpc) is 2.80. The molecule has 0 aliphatic rings. The molecule has 0 N–H and O–H groups in total. The molecule has 0 radical (unpaired) electrons. The zero-order valence-electron chi connectivity index (χ0n) is 23.5. The Morgan fingerprint density at radius 1 is 0.474 bits per heavy atom. The predicted octanol–water partition coefficient (Wildman–Crippen LogP) is 10.2. The van der Waals surface area contributed by atoms with E-state index < -0.39 is 12.0 Å². The zero-order valence-corrected chi connectivity index (χ0v) is 30.1. The van der Waals surface area contributed by atoms with Crippen molar-refractivity contribution in [3.8, 4) is 0 Å². The Morgan fingerprint density at radius 2 is 0.763 bits per heavy atom. The number of nitrogens with zero attached hydrogens (tertiary/aromatic N) is 2. The standard InChI is InChI=1S/C26H50Cl6N2O2Si2/c1-33(2)21-22-34(25(35)19-15-11-7-3-5-9-13-17-23-37(27,28)29)26(36)20-16-12-8-4-6-10-14-18-24-38(30,31)32/h3-24H2,1-2H3. The summed E-state index contributed by atoms with van der Waals surface area (Å²) in [4.78, 5) is 29.2. The number of unbranched alkanes of at least 4 members (excludes halogenated alkanes) is 14. The van der Waals surface area contributed by atoms with E-state index in [9.17, 15) is 9.59 Å². The van der Waals surface area contributed by atoms with Crippen molar-refractivity contribution in [2.75, 3.05) is 27.2 Å². The SMILES string of the molecule is CN(C)CCN(C(=O)CCCCCCCCCC[Si](Cl)(Cl)Cl)C(=O)CCCCCCCCCC[Si](Cl)(Cl)Cl. The van der Waals surface area contributed by atoms with Gasteiger partial charge in [0.15, 0.2) is 0 Å². The number of halogens is 6. The molecule has 0 aromatic heterocycles. The third kappa shape index (κ3) is 27.4. The van der Waals surface area contributed by atoms with Crippen LogP contribution in [0.3, 0.4) is 0 Å². The second-order valence-corrected chi connectivity index (χ2v) is 29.2. The highest BCUT2D eigenvalue weighted by atomic mass is 35.8. The molecule has 12 heteroatoms. The van der Waals surface area contributed by atoms with Crippen LogP contribution in [-0.2, 0) is 9.59 Å². The van der Waals surface area contributed by atoms with E-state index in [-0.39, 0.29) is 11.8 Å². The summed E-state index contributed by atoms with van der Waals surface area (Å²) in [5, 5.41) is 0. The van der Waals surface area contributed by atoms with Crippen LogP contribution in [-0.4, -0.2) is 60.8 Å². The van der Waals surface area contributed by atoms with Crippen LogP contribution in [0.4, 0.5) is 0 Å². The predicted molar refractivity (Wildman–Crippen MR) is 175 cm³/mol. The molecule has 0 saturated heterocycles. The van der Waals surface area contributed by atoms with E-state index in [1.54, 1.807) is 0 Å². The van der Waals surface area contributed by atoms with Gasteiger partial charge in [0.1, 0.15) is 0 Å². The van der Waals surface area contributed by atoms with Gasteiger partial charge in [0, 0.05) is 25.9 Å². The van der Waals surface area contributed by atoms with Crippen LogP contribution in [0.1, 0.15) is 116 Å². The minimum atomic E-state index is -2.46. The number of carbonyl (C=O) groups is 2.